The van der Waals surface area contributed by atoms with Crippen molar-refractivity contribution in [2.45, 2.75) is 26.2 Å². The molecule has 0 saturated carbocycles. The second kappa shape index (κ2) is 7.71. The number of hydrogen-bond acceptors (Lipinski definition) is 4. The van der Waals surface area contributed by atoms with E-state index in [-0.39, 0.29) is 18.8 Å². The molecule has 0 atom stereocenters. The van der Waals surface area contributed by atoms with Crippen molar-refractivity contribution in [3.63, 3.8) is 0 Å². The van der Waals surface area contributed by atoms with E-state index in [0.717, 1.165) is 6.42 Å². The summed E-state index contributed by atoms with van der Waals surface area (Å²) in [6, 6.07) is 6.44. The molecule has 18 heavy (non-hydrogen) atoms. The molecule has 0 aliphatic carbocycles. The summed E-state index contributed by atoms with van der Waals surface area (Å²) in [5.41, 5.74) is 0. The van der Waals surface area contributed by atoms with Gasteiger partial charge >= 0.3 is 11.9 Å². The van der Waals surface area contributed by atoms with Gasteiger partial charge in [0.15, 0.2) is 0 Å². The summed E-state index contributed by atoms with van der Waals surface area (Å²) in [7, 11) is 0. The highest BCUT2D eigenvalue weighted by molar-refractivity contribution is 6.30. The van der Waals surface area contributed by atoms with Crippen LogP contribution in [0.4, 0.5) is 0 Å². The number of ether oxygens (including phenoxy) is 2. The average molecular weight is 271 g/mol. The van der Waals surface area contributed by atoms with Gasteiger partial charge in [0, 0.05) is 5.02 Å². The summed E-state index contributed by atoms with van der Waals surface area (Å²) in [6.45, 7) is 2.28. The Balaban J connectivity index is 2.29. The normalized spacial score (nSPS) is 9.89. The standard InChI is InChI=1S/C13H15ClO4/c1-2-9-17-12(15)7-8-13(16)18-11-5-3-10(14)4-6-11/h3-6H,2,7-9H2,1H3. The van der Waals surface area contributed by atoms with Crippen molar-refractivity contribution < 1.29 is 19.1 Å². The first-order chi connectivity index (χ1) is 8.61. The van der Waals surface area contributed by atoms with E-state index in [2.05, 4.69) is 0 Å². The molecule has 0 bridgehead atoms. The largest absolute Gasteiger partial charge is 0.466 e. The van der Waals surface area contributed by atoms with Crippen LogP contribution in [-0.4, -0.2) is 18.5 Å². The van der Waals surface area contributed by atoms with E-state index in [4.69, 9.17) is 21.1 Å². The molecule has 1 rings (SSSR count). The van der Waals surface area contributed by atoms with Crippen molar-refractivity contribution in [3.05, 3.63) is 29.3 Å². The molecule has 0 N–H and O–H groups in total. The molecule has 0 unspecified atom stereocenters. The van der Waals surface area contributed by atoms with Crippen LogP contribution in [-0.2, 0) is 14.3 Å². The molecule has 1 aromatic carbocycles. The second-order valence-corrected chi connectivity index (χ2v) is 4.08. The molecule has 0 amide bonds. The monoisotopic (exact) mass is 270 g/mol. The highest BCUT2D eigenvalue weighted by Crippen LogP contribution is 2.16. The Morgan fingerprint density at radius 1 is 1.11 bits per heavy atom. The summed E-state index contributed by atoms with van der Waals surface area (Å²) in [5.74, 6) is -0.443. The summed E-state index contributed by atoms with van der Waals surface area (Å²) in [5, 5.41) is 0.568. The second-order valence-electron chi connectivity index (χ2n) is 3.65. The molecule has 98 valence electrons. The van der Waals surface area contributed by atoms with Gasteiger partial charge in [-0.3, -0.25) is 9.59 Å². The lowest BCUT2D eigenvalue weighted by Gasteiger charge is -2.04. The first kappa shape index (κ1) is 14.5. The van der Waals surface area contributed by atoms with E-state index in [0.29, 0.717) is 17.4 Å². The lowest BCUT2D eigenvalue weighted by atomic mass is 10.3. The summed E-state index contributed by atoms with van der Waals surface area (Å²) >= 11 is 5.70. The van der Waals surface area contributed by atoms with Crippen molar-refractivity contribution >= 4 is 23.5 Å². The summed E-state index contributed by atoms with van der Waals surface area (Å²) < 4.78 is 9.86. The molecule has 0 heterocycles. The third-order valence-corrected chi connectivity index (χ3v) is 2.30. The number of esters is 2. The van der Waals surface area contributed by atoms with E-state index in [1.165, 1.54) is 0 Å². The minimum atomic E-state index is -0.467. The van der Waals surface area contributed by atoms with Crippen LogP contribution in [0.5, 0.6) is 5.75 Å². The molecule has 0 radical (unpaired) electrons. The first-order valence-electron chi connectivity index (χ1n) is 5.73. The molecule has 1 aromatic rings. The molecule has 4 nitrogen and oxygen atoms in total. The number of carbonyl (C=O) groups excluding carboxylic acids is 2. The predicted molar refractivity (Wildman–Crippen MR) is 67.6 cm³/mol. The minimum Gasteiger partial charge on any atom is -0.466 e. The molecular formula is C13H15ClO4. The fourth-order valence-corrected chi connectivity index (χ4v) is 1.30. The van der Waals surface area contributed by atoms with Crippen molar-refractivity contribution in [2.75, 3.05) is 6.61 Å². The zero-order valence-corrected chi connectivity index (χ0v) is 10.9. The Hall–Kier alpha value is -1.55. The third-order valence-electron chi connectivity index (χ3n) is 2.05. The van der Waals surface area contributed by atoms with Gasteiger partial charge in [-0.2, -0.15) is 0 Å². The lowest BCUT2D eigenvalue weighted by Crippen LogP contribution is -2.12. The molecule has 0 aromatic heterocycles. The summed E-state index contributed by atoms with van der Waals surface area (Å²) in [6.07, 6.45) is 0.804. The Bertz CT molecular complexity index is 400. The van der Waals surface area contributed by atoms with E-state index >= 15 is 0 Å². The van der Waals surface area contributed by atoms with Crippen molar-refractivity contribution in [2.24, 2.45) is 0 Å². The van der Waals surface area contributed by atoms with Crippen LogP contribution in [0.2, 0.25) is 5.02 Å². The molecule has 0 saturated heterocycles. The number of hydrogen-bond donors (Lipinski definition) is 0. The quantitative estimate of drug-likeness (QED) is 0.589. The van der Waals surface area contributed by atoms with Crippen LogP contribution in [0, 0.1) is 0 Å². The summed E-state index contributed by atoms with van der Waals surface area (Å²) in [4.78, 5) is 22.6. The van der Waals surface area contributed by atoms with Gasteiger partial charge in [0.25, 0.3) is 0 Å². The lowest BCUT2D eigenvalue weighted by molar-refractivity contribution is -0.146. The van der Waals surface area contributed by atoms with Crippen molar-refractivity contribution in [1.82, 2.24) is 0 Å². The third kappa shape index (κ3) is 5.68. The molecule has 0 spiro atoms. The molecule has 0 fully saturated rings. The number of carbonyl (C=O) groups is 2. The smallest absolute Gasteiger partial charge is 0.311 e. The van der Waals surface area contributed by atoms with Crippen LogP contribution in [0.3, 0.4) is 0 Å². The van der Waals surface area contributed by atoms with Crippen LogP contribution >= 0.6 is 11.6 Å². The molecular weight excluding hydrogens is 256 g/mol. The minimum absolute atomic E-state index is 0.00513. The van der Waals surface area contributed by atoms with Crippen LogP contribution < -0.4 is 4.74 Å². The number of rotatable bonds is 6. The molecule has 0 aliphatic heterocycles. The maximum atomic E-state index is 11.4. The maximum absolute atomic E-state index is 11.4. The van der Waals surface area contributed by atoms with Gasteiger partial charge in [0.1, 0.15) is 5.75 Å². The maximum Gasteiger partial charge on any atom is 0.311 e. The fraction of sp³-hybridized carbons (Fsp3) is 0.385. The van der Waals surface area contributed by atoms with Gasteiger partial charge in [0.2, 0.25) is 0 Å². The van der Waals surface area contributed by atoms with Crippen molar-refractivity contribution in [3.8, 4) is 5.75 Å². The van der Waals surface area contributed by atoms with Crippen LogP contribution in [0.25, 0.3) is 0 Å². The Labute approximate surface area is 111 Å². The van der Waals surface area contributed by atoms with Crippen LogP contribution in [0.15, 0.2) is 24.3 Å². The zero-order valence-electron chi connectivity index (χ0n) is 10.1. The molecule has 5 heteroatoms. The zero-order chi connectivity index (χ0) is 13.4. The highest BCUT2D eigenvalue weighted by Gasteiger charge is 2.09. The van der Waals surface area contributed by atoms with Gasteiger partial charge in [0.05, 0.1) is 19.4 Å². The fourth-order valence-electron chi connectivity index (χ4n) is 1.18. The van der Waals surface area contributed by atoms with Gasteiger partial charge in [-0.1, -0.05) is 18.5 Å². The van der Waals surface area contributed by atoms with Gasteiger partial charge in [-0.25, -0.2) is 0 Å². The topological polar surface area (TPSA) is 52.6 Å². The number of halogens is 1. The SMILES string of the molecule is CCCOC(=O)CCC(=O)Oc1ccc(Cl)cc1. The van der Waals surface area contributed by atoms with E-state index in [1.54, 1.807) is 24.3 Å². The van der Waals surface area contributed by atoms with E-state index in [1.807, 2.05) is 6.92 Å². The van der Waals surface area contributed by atoms with Gasteiger partial charge in [-0.05, 0) is 30.7 Å². The first-order valence-corrected chi connectivity index (χ1v) is 6.11. The van der Waals surface area contributed by atoms with Crippen LogP contribution in [0.1, 0.15) is 26.2 Å². The van der Waals surface area contributed by atoms with E-state index < -0.39 is 5.97 Å². The van der Waals surface area contributed by atoms with Gasteiger partial charge < -0.3 is 9.47 Å². The Kier molecular flexibility index (Phi) is 6.22. The van der Waals surface area contributed by atoms with Crippen molar-refractivity contribution in [1.29, 1.82) is 0 Å². The predicted octanol–water partition coefficient (Wildman–Crippen LogP) is 2.98. The Morgan fingerprint density at radius 3 is 2.33 bits per heavy atom. The Morgan fingerprint density at radius 2 is 1.72 bits per heavy atom. The average Bonchev–Trinajstić information content (AvgIpc) is 2.36. The highest BCUT2D eigenvalue weighted by atomic mass is 35.5. The van der Waals surface area contributed by atoms with Gasteiger partial charge in [-0.15, -0.1) is 0 Å². The molecule has 0 aliphatic rings. The number of benzene rings is 1. The van der Waals surface area contributed by atoms with E-state index in [9.17, 15) is 9.59 Å².